The molecule has 0 aromatic heterocycles. The molecular weight excluding hydrogens is 193 g/mol. The molecule has 0 aliphatic heterocycles. The van der Waals surface area contributed by atoms with Crippen molar-refractivity contribution >= 4 is 19.9 Å². The van der Waals surface area contributed by atoms with Crippen molar-refractivity contribution in [1.82, 2.24) is 0 Å². The van der Waals surface area contributed by atoms with E-state index in [-0.39, 0.29) is 7.48 Å². The standard InChI is InChI=1S/C10H12BNO3/c12-7-15-11-9(10(13)14)6-8-4-2-1-3-5-8/h1-5,7,9,11-12H,6H2,(H,13,14). The fourth-order valence-corrected chi connectivity index (χ4v) is 1.28. The van der Waals surface area contributed by atoms with Crippen molar-refractivity contribution in [1.29, 1.82) is 5.41 Å². The van der Waals surface area contributed by atoms with Crippen LogP contribution in [0, 0.1) is 5.41 Å². The Morgan fingerprint density at radius 2 is 2.20 bits per heavy atom. The molecule has 0 aliphatic carbocycles. The van der Waals surface area contributed by atoms with Crippen LogP contribution in [0.4, 0.5) is 0 Å². The Morgan fingerprint density at radius 3 is 2.73 bits per heavy atom. The summed E-state index contributed by atoms with van der Waals surface area (Å²) in [6.45, 7) is 0. The number of benzene rings is 1. The minimum atomic E-state index is -0.902. The number of carboxylic acid groups (broad SMARTS) is 1. The van der Waals surface area contributed by atoms with Crippen LogP contribution in [0.1, 0.15) is 5.56 Å². The highest BCUT2D eigenvalue weighted by Gasteiger charge is 2.20. The third-order valence-corrected chi connectivity index (χ3v) is 2.05. The minimum Gasteiger partial charge on any atom is -0.556 e. The van der Waals surface area contributed by atoms with E-state index in [1.807, 2.05) is 30.3 Å². The summed E-state index contributed by atoms with van der Waals surface area (Å²) in [5.41, 5.74) is 0.957. The van der Waals surface area contributed by atoms with Crippen molar-refractivity contribution in [2.75, 3.05) is 0 Å². The first kappa shape index (κ1) is 11.3. The molecule has 1 aromatic carbocycles. The highest BCUT2D eigenvalue weighted by atomic mass is 16.4. The van der Waals surface area contributed by atoms with Crippen molar-refractivity contribution < 1.29 is 14.6 Å². The minimum absolute atomic E-state index is 0.0354. The Balaban J connectivity index is 2.58. The molecule has 15 heavy (non-hydrogen) atoms. The Labute approximate surface area is 88.7 Å². The number of carboxylic acids is 1. The van der Waals surface area contributed by atoms with Gasteiger partial charge in [-0.25, -0.2) is 0 Å². The van der Waals surface area contributed by atoms with Gasteiger partial charge in [0.15, 0.2) is 0 Å². The van der Waals surface area contributed by atoms with Gasteiger partial charge in [0.1, 0.15) is 6.40 Å². The van der Waals surface area contributed by atoms with Crippen LogP contribution in [-0.4, -0.2) is 25.0 Å². The molecule has 1 atom stereocenters. The predicted octanol–water partition coefficient (Wildman–Crippen LogP) is 1.08. The van der Waals surface area contributed by atoms with E-state index in [4.69, 9.17) is 10.5 Å². The summed E-state index contributed by atoms with van der Waals surface area (Å²) in [5, 5.41) is 15.6. The molecule has 5 heteroatoms. The molecule has 4 nitrogen and oxygen atoms in total. The van der Waals surface area contributed by atoms with Gasteiger partial charge in [-0.3, -0.25) is 10.2 Å². The maximum Gasteiger partial charge on any atom is 0.355 e. The van der Waals surface area contributed by atoms with Crippen molar-refractivity contribution in [3.63, 3.8) is 0 Å². The van der Waals surface area contributed by atoms with Gasteiger partial charge in [-0.05, 0) is 12.0 Å². The Bertz CT molecular complexity index is 329. The van der Waals surface area contributed by atoms with E-state index in [0.717, 1.165) is 12.0 Å². The van der Waals surface area contributed by atoms with E-state index < -0.39 is 11.8 Å². The largest absolute Gasteiger partial charge is 0.556 e. The summed E-state index contributed by atoms with van der Waals surface area (Å²) < 4.78 is 4.69. The summed E-state index contributed by atoms with van der Waals surface area (Å²) in [5.74, 6) is -1.50. The zero-order chi connectivity index (χ0) is 11.1. The van der Waals surface area contributed by atoms with Gasteiger partial charge < -0.3 is 9.76 Å². The SMILES string of the molecule is N=COBC(Cc1ccccc1)C(=O)O. The van der Waals surface area contributed by atoms with Crippen LogP contribution in [0.2, 0.25) is 5.82 Å². The molecule has 0 bridgehead atoms. The summed E-state index contributed by atoms with van der Waals surface area (Å²) in [4.78, 5) is 10.9. The molecule has 0 saturated heterocycles. The average Bonchev–Trinajstić information content (AvgIpc) is 2.25. The van der Waals surface area contributed by atoms with E-state index in [1.165, 1.54) is 0 Å². The van der Waals surface area contributed by atoms with Crippen molar-refractivity contribution in [3.05, 3.63) is 35.9 Å². The number of aliphatic carboxylic acids is 1. The molecule has 0 radical (unpaired) electrons. The lowest BCUT2D eigenvalue weighted by molar-refractivity contribution is -0.137. The van der Waals surface area contributed by atoms with Crippen LogP contribution in [0.25, 0.3) is 0 Å². The molecule has 1 rings (SSSR count). The lowest BCUT2D eigenvalue weighted by atomic mass is 9.76. The number of hydrogen-bond acceptors (Lipinski definition) is 3. The zero-order valence-corrected chi connectivity index (χ0v) is 8.22. The first-order valence-electron chi connectivity index (χ1n) is 4.61. The molecular formula is C10H12BNO3. The second kappa shape index (κ2) is 5.85. The lowest BCUT2D eigenvalue weighted by Crippen LogP contribution is -2.19. The van der Waals surface area contributed by atoms with Gasteiger partial charge >= 0.3 is 13.5 Å². The van der Waals surface area contributed by atoms with Crippen LogP contribution in [0.3, 0.4) is 0 Å². The van der Waals surface area contributed by atoms with Crippen LogP contribution in [0.15, 0.2) is 30.3 Å². The quantitative estimate of drug-likeness (QED) is 0.414. The number of nitrogens with one attached hydrogen (secondary N) is 1. The molecule has 2 N–H and O–H groups in total. The lowest BCUT2D eigenvalue weighted by Gasteiger charge is -2.09. The highest BCUT2D eigenvalue weighted by molar-refractivity contribution is 6.38. The van der Waals surface area contributed by atoms with Gasteiger partial charge in [0, 0.05) is 0 Å². The number of carbonyl (C=O) groups is 1. The van der Waals surface area contributed by atoms with Gasteiger partial charge in [-0.2, -0.15) is 0 Å². The number of rotatable bonds is 6. The molecule has 0 amide bonds. The van der Waals surface area contributed by atoms with Crippen LogP contribution >= 0.6 is 0 Å². The Kier molecular flexibility index (Phi) is 4.41. The highest BCUT2D eigenvalue weighted by Crippen LogP contribution is 2.13. The predicted molar refractivity (Wildman–Crippen MR) is 58.5 cm³/mol. The molecule has 78 valence electrons. The maximum atomic E-state index is 10.9. The molecule has 0 saturated carbocycles. The van der Waals surface area contributed by atoms with Gasteiger partial charge in [-0.15, -0.1) is 0 Å². The molecule has 0 heterocycles. The first-order chi connectivity index (χ1) is 7.24. The van der Waals surface area contributed by atoms with E-state index in [9.17, 15) is 4.79 Å². The van der Waals surface area contributed by atoms with Crippen molar-refractivity contribution in [3.8, 4) is 0 Å². The van der Waals surface area contributed by atoms with E-state index in [1.54, 1.807) is 0 Å². The topological polar surface area (TPSA) is 70.4 Å². The van der Waals surface area contributed by atoms with Crippen LogP contribution in [-0.2, 0) is 15.9 Å². The molecule has 1 unspecified atom stereocenters. The molecule has 0 aliphatic rings. The smallest absolute Gasteiger partial charge is 0.355 e. The van der Waals surface area contributed by atoms with Gasteiger partial charge in [0.2, 0.25) is 0 Å². The normalized spacial score (nSPS) is 11.5. The second-order valence-electron chi connectivity index (χ2n) is 3.18. The number of hydrogen-bond donors (Lipinski definition) is 2. The van der Waals surface area contributed by atoms with Crippen LogP contribution < -0.4 is 0 Å². The molecule has 1 aromatic rings. The van der Waals surface area contributed by atoms with Crippen molar-refractivity contribution in [2.24, 2.45) is 0 Å². The summed E-state index contributed by atoms with van der Waals surface area (Å²) in [6, 6.07) is 9.37. The summed E-state index contributed by atoms with van der Waals surface area (Å²) >= 11 is 0. The first-order valence-corrected chi connectivity index (χ1v) is 4.61. The van der Waals surface area contributed by atoms with Gasteiger partial charge in [0.05, 0.1) is 5.82 Å². The Morgan fingerprint density at radius 1 is 1.53 bits per heavy atom. The average molecular weight is 205 g/mol. The van der Waals surface area contributed by atoms with Gasteiger partial charge in [-0.1, -0.05) is 30.3 Å². The third kappa shape index (κ3) is 3.85. The zero-order valence-electron chi connectivity index (χ0n) is 8.22. The fraction of sp³-hybridized carbons (Fsp3) is 0.200. The molecule has 0 spiro atoms. The van der Waals surface area contributed by atoms with Gasteiger partial charge in [0.25, 0.3) is 0 Å². The fourth-order valence-electron chi connectivity index (χ4n) is 1.28. The monoisotopic (exact) mass is 205 g/mol. The third-order valence-electron chi connectivity index (χ3n) is 2.05. The summed E-state index contributed by atoms with van der Waals surface area (Å²) in [7, 11) is 0.0354. The summed E-state index contributed by atoms with van der Waals surface area (Å²) in [6.07, 6.45) is 1.19. The molecule has 0 fully saturated rings. The van der Waals surface area contributed by atoms with E-state index in [2.05, 4.69) is 4.65 Å². The van der Waals surface area contributed by atoms with E-state index in [0.29, 0.717) is 6.42 Å². The van der Waals surface area contributed by atoms with Crippen molar-refractivity contribution in [2.45, 2.75) is 12.2 Å². The maximum absolute atomic E-state index is 10.9. The Hall–Kier alpha value is -1.78. The second-order valence-corrected chi connectivity index (χ2v) is 3.18. The van der Waals surface area contributed by atoms with E-state index >= 15 is 0 Å². The van der Waals surface area contributed by atoms with Crippen LogP contribution in [0.5, 0.6) is 0 Å².